The highest BCUT2D eigenvalue weighted by atomic mass is 16.7. The first-order valence-corrected chi connectivity index (χ1v) is 8.60. The Morgan fingerprint density at radius 3 is 2.56 bits per heavy atom. The van der Waals surface area contributed by atoms with Gasteiger partial charge in [-0.05, 0) is 57.2 Å². The fourth-order valence-corrected chi connectivity index (χ4v) is 3.30. The van der Waals surface area contributed by atoms with Gasteiger partial charge in [0.25, 0.3) is 0 Å². The summed E-state index contributed by atoms with van der Waals surface area (Å²) in [4.78, 5) is 0. The molecule has 6 nitrogen and oxygen atoms in total. The zero-order valence-electron chi connectivity index (χ0n) is 15.8. The second-order valence-electron chi connectivity index (χ2n) is 6.86. The summed E-state index contributed by atoms with van der Waals surface area (Å²) in [5, 5.41) is 9.53. The van der Waals surface area contributed by atoms with Gasteiger partial charge in [0.05, 0.1) is 0 Å². The molecule has 0 fully saturated rings. The first-order chi connectivity index (χ1) is 11.9. The maximum absolute atomic E-state index is 9.53. The van der Waals surface area contributed by atoms with E-state index in [1.54, 1.807) is 14.2 Å². The zero-order chi connectivity index (χ0) is 18.4. The van der Waals surface area contributed by atoms with Crippen molar-refractivity contribution < 1.29 is 28.8 Å². The summed E-state index contributed by atoms with van der Waals surface area (Å²) in [5.41, 5.74) is 1.63. The second-order valence-corrected chi connectivity index (χ2v) is 6.86. The number of ether oxygens (including phenoxy) is 5. The van der Waals surface area contributed by atoms with Crippen molar-refractivity contribution in [1.29, 1.82) is 0 Å². The molecule has 1 N–H and O–H groups in total. The van der Waals surface area contributed by atoms with Crippen LogP contribution in [-0.4, -0.2) is 51.2 Å². The molecule has 142 valence electrons. The quantitative estimate of drug-likeness (QED) is 0.688. The van der Waals surface area contributed by atoms with E-state index in [9.17, 15) is 5.11 Å². The Labute approximate surface area is 150 Å². The van der Waals surface area contributed by atoms with E-state index in [0.29, 0.717) is 6.42 Å². The molecule has 0 radical (unpaired) electrons. The average molecular weight is 354 g/mol. The maximum atomic E-state index is 9.53. The zero-order valence-corrected chi connectivity index (χ0v) is 15.8. The first kappa shape index (κ1) is 20.0. The van der Waals surface area contributed by atoms with E-state index in [1.165, 1.54) is 0 Å². The molecule has 0 bridgehead atoms. The van der Waals surface area contributed by atoms with Gasteiger partial charge in [0.1, 0.15) is 30.0 Å². The van der Waals surface area contributed by atoms with Crippen molar-refractivity contribution in [2.75, 3.05) is 34.4 Å². The highest BCUT2D eigenvalue weighted by Gasteiger charge is 2.39. The number of fused-ring (bicyclic) bond motifs is 1. The van der Waals surface area contributed by atoms with Crippen LogP contribution in [0.25, 0.3) is 0 Å². The lowest BCUT2D eigenvalue weighted by atomic mass is 9.81. The number of hydrogen-bond acceptors (Lipinski definition) is 6. The van der Waals surface area contributed by atoms with Gasteiger partial charge >= 0.3 is 0 Å². The van der Waals surface area contributed by atoms with Gasteiger partial charge in [-0.1, -0.05) is 0 Å². The predicted molar refractivity (Wildman–Crippen MR) is 94.2 cm³/mol. The molecule has 0 saturated carbocycles. The van der Waals surface area contributed by atoms with Crippen LogP contribution in [0.5, 0.6) is 11.5 Å². The van der Waals surface area contributed by atoms with Crippen molar-refractivity contribution in [2.45, 2.75) is 51.2 Å². The van der Waals surface area contributed by atoms with Crippen LogP contribution >= 0.6 is 0 Å². The van der Waals surface area contributed by atoms with Crippen molar-refractivity contribution in [1.82, 2.24) is 0 Å². The molecular weight excluding hydrogens is 324 g/mol. The van der Waals surface area contributed by atoms with E-state index in [0.717, 1.165) is 29.0 Å². The van der Waals surface area contributed by atoms with Gasteiger partial charge in [-0.15, -0.1) is 0 Å². The van der Waals surface area contributed by atoms with E-state index < -0.39 is 5.60 Å². The van der Waals surface area contributed by atoms with E-state index in [2.05, 4.69) is 0 Å². The van der Waals surface area contributed by atoms with Gasteiger partial charge in [-0.3, -0.25) is 0 Å². The van der Waals surface area contributed by atoms with Crippen molar-refractivity contribution >= 4 is 0 Å². The van der Waals surface area contributed by atoms with Crippen LogP contribution in [0.4, 0.5) is 0 Å². The summed E-state index contributed by atoms with van der Waals surface area (Å²) >= 11 is 0. The molecule has 2 atom stereocenters. The van der Waals surface area contributed by atoms with Crippen LogP contribution in [0.15, 0.2) is 12.1 Å². The first-order valence-electron chi connectivity index (χ1n) is 8.60. The molecule has 25 heavy (non-hydrogen) atoms. The number of methoxy groups -OCH3 is 2. The summed E-state index contributed by atoms with van der Waals surface area (Å²) in [5.74, 6) is 1.78. The van der Waals surface area contributed by atoms with Crippen LogP contribution in [0.2, 0.25) is 0 Å². The maximum Gasteiger partial charge on any atom is 0.188 e. The topological polar surface area (TPSA) is 66.4 Å². The van der Waals surface area contributed by atoms with Crippen molar-refractivity contribution in [2.24, 2.45) is 0 Å². The molecule has 0 aliphatic carbocycles. The molecule has 0 saturated heterocycles. The molecule has 6 heteroatoms. The largest absolute Gasteiger partial charge is 0.487 e. The van der Waals surface area contributed by atoms with Gasteiger partial charge in [0.2, 0.25) is 0 Å². The minimum atomic E-state index is -0.499. The predicted octanol–water partition coefficient (Wildman–Crippen LogP) is 2.99. The van der Waals surface area contributed by atoms with Gasteiger partial charge in [-0.25, -0.2) is 0 Å². The fourth-order valence-electron chi connectivity index (χ4n) is 3.30. The number of aliphatic hydroxyl groups is 1. The van der Waals surface area contributed by atoms with E-state index in [4.69, 9.17) is 23.7 Å². The SMILES string of the molecule is COCOc1ccc2c(c1C)[C@@H](CCO)CC(C(C)(C)OCOC)O2. The highest BCUT2D eigenvalue weighted by Crippen LogP contribution is 2.45. The molecule has 0 aromatic heterocycles. The van der Waals surface area contributed by atoms with Gasteiger partial charge < -0.3 is 28.8 Å². The summed E-state index contributed by atoms with van der Waals surface area (Å²) in [6.45, 7) is 6.56. The number of hydrogen-bond donors (Lipinski definition) is 1. The van der Waals surface area contributed by atoms with Gasteiger partial charge in [-0.2, -0.15) is 0 Å². The normalized spacial score (nSPS) is 20.1. The Morgan fingerprint density at radius 2 is 1.92 bits per heavy atom. The minimum Gasteiger partial charge on any atom is -0.487 e. The molecule has 0 amide bonds. The standard InChI is InChI=1S/C19H30O6/c1-13-15(23-11-21-4)6-7-16-18(13)14(8-9-20)10-17(25-16)19(2,3)24-12-22-5/h6-7,14,17,20H,8-12H2,1-5H3/t14-,17?/m0/s1. The molecule has 1 heterocycles. The molecule has 1 unspecified atom stereocenters. The molecular formula is C19H30O6. The Bertz CT molecular complexity index is 557. The molecule has 0 spiro atoms. The van der Waals surface area contributed by atoms with E-state index >= 15 is 0 Å². The smallest absolute Gasteiger partial charge is 0.188 e. The van der Waals surface area contributed by atoms with Crippen LogP contribution < -0.4 is 9.47 Å². The monoisotopic (exact) mass is 354 g/mol. The highest BCUT2D eigenvalue weighted by molar-refractivity contribution is 5.51. The average Bonchev–Trinajstić information content (AvgIpc) is 2.59. The van der Waals surface area contributed by atoms with Gasteiger partial charge in [0.15, 0.2) is 6.79 Å². The third-order valence-corrected chi connectivity index (χ3v) is 4.74. The minimum absolute atomic E-state index is 0.124. The Morgan fingerprint density at radius 1 is 1.20 bits per heavy atom. The Hall–Kier alpha value is -1.34. The summed E-state index contributed by atoms with van der Waals surface area (Å²) in [7, 11) is 3.20. The molecule has 1 aromatic rings. The van der Waals surface area contributed by atoms with Crippen LogP contribution in [0, 0.1) is 6.92 Å². The van der Waals surface area contributed by atoms with E-state index in [1.807, 2.05) is 32.9 Å². The summed E-state index contributed by atoms with van der Waals surface area (Å²) in [6.07, 6.45) is 1.30. The van der Waals surface area contributed by atoms with Crippen molar-refractivity contribution in [3.8, 4) is 11.5 Å². The van der Waals surface area contributed by atoms with Crippen molar-refractivity contribution in [3.05, 3.63) is 23.3 Å². The fraction of sp³-hybridized carbons (Fsp3) is 0.684. The second kappa shape index (κ2) is 8.85. The van der Waals surface area contributed by atoms with Crippen LogP contribution in [-0.2, 0) is 14.2 Å². The van der Waals surface area contributed by atoms with Crippen LogP contribution in [0.1, 0.15) is 43.7 Å². The van der Waals surface area contributed by atoms with Crippen molar-refractivity contribution in [3.63, 3.8) is 0 Å². The molecule has 1 aromatic carbocycles. The number of benzene rings is 1. The lowest BCUT2D eigenvalue weighted by molar-refractivity contribution is -0.158. The van der Waals surface area contributed by atoms with Crippen LogP contribution in [0.3, 0.4) is 0 Å². The Balaban J connectivity index is 2.31. The number of rotatable bonds is 9. The third kappa shape index (κ3) is 4.64. The lowest BCUT2D eigenvalue weighted by Crippen LogP contribution is -2.46. The molecule has 2 rings (SSSR count). The van der Waals surface area contributed by atoms with Gasteiger partial charge in [0, 0.05) is 26.4 Å². The lowest BCUT2D eigenvalue weighted by Gasteiger charge is -2.41. The summed E-state index contributed by atoms with van der Waals surface area (Å²) in [6, 6.07) is 3.82. The van der Waals surface area contributed by atoms with E-state index in [-0.39, 0.29) is 32.2 Å². The Kier molecular flexibility index (Phi) is 7.07. The molecule has 1 aliphatic rings. The summed E-state index contributed by atoms with van der Waals surface area (Å²) < 4.78 is 27.8. The third-order valence-electron chi connectivity index (χ3n) is 4.74. The molecule has 1 aliphatic heterocycles. The number of aliphatic hydroxyl groups excluding tert-OH is 1.